The van der Waals surface area contributed by atoms with Crippen LogP contribution in [0.3, 0.4) is 0 Å². The van der Waals surface area contributed by atoms with Crippen molar-refractivity contribution >= 4 is 23.1 Å². The third kappa shape index (κ3) is 5.09. The minimum atomic E-state index is -0.947. The fourth-order valence-electron chi connectivity index (χ4n) is 4.74. The first kappa shape index (κ1) is 25.3. The number of aliphatic hydroxyl groups excluding tert-OH is 1. The summed E-state index contributed by atoms with van der Waals surface area (Å²) in [7, 11) is 1.53. The average molecular weight is 496 g/mol. The summed E-state index contributed by atoms with van der Waals surface area (Å²) in [4.78, 5) is 40.9. The molecule has 2 aliphatic rings. The van der Waals surface area contributed by atoms with Crippen molar-refractivity contribution in [2.45, 2.75) is 19.4 Å². The molecule has 0 spiro atoms. The smallest absolute Gasteiger partial charge is 0.295 e. The minimum Gasteiger partial charge on any atom is -0.507 e. The van der Waals surface area contributed by atoms with Crippen molar-refractivity contribution in [1.29, 1.82) is 0 Å². The number of hydrogen-bond donors (Lipinski definition) is 1. The van der Waals surface area contributed by atoms with E-state index in [1.807, 2.05) is 0 Å². The number of hydrogen-bond acceptors (Lipinski definition) is 8. The highest BCUT2D eigenvalue weighted by molar-refractivity contribution is 6.46. The molecular formula is C26H29N3O7. The van der Waals surface area contributed by atoms with Crippen LogP contribution in [0.4, 0.5) is 5.69 Å². The molecule has 10 heteroatoms. The highest BCUT2D eigenvalue weighted by atomic mass is 16.6. The number of nitro groups is 1. The number of methoxy groups -OCH3 is 1. The zero-order chi connectivity index (χ0) is 25.8. The number of ketones is 1. The van der Waals surface area contributed by atoms with Gasteiger partial charge in [0.1, 0.15) is 11.5 Å². The number of non-ortho nitro benzene ring substituents is 1. The normalized spacial score (nSPS) is 20.1. The Balaban J connectivity index is 1.73. The maximum atomic E-state index is 13.2. The van der Waals surface area contributed by atoms with Crippen molar-refractivity contribution in [3.8, 4) is 5.75 Å². The van der Waals surface area contributed by atoms with E-state index in [4.69, 9.17) is 9.47 Å². The first-order valence-corrected chi connectivity index (χ1v) is 11.8. The van der Waals surface area contributed by atoms with Crippen LogP contribution in [0.25, 0.3) is 5.76 Å². The van der Waals surface area contributed by atoms with E-state index in [0.717, 1.165) is 18.7 Å². The molecule has 0 radical (unpaired) electrons. The molecule has 1 N–H and O–H groups in total. The monoisotopic (exact) mass is 495 g/mol. The first-order chi connectivity index (χ1) is 17.3. The number of rotatable bonds is 8. The summed E-state index contributed by atoms with van der Waals surface area (Å²) in [5.74, 6) is -1.26. The molecule has 2 aromatic rings. The molecule has 1 atom stereocenters. The van der Waals surface area contributed by atoms with Crippen LogP contribution >= 0.6 is 0 Å². The van der Waals surface area contributed by atoms with Gasteiger partial charge in [0.25, 0.3) is 17.4 Å². The zero-order valence-corrected chi connectivity index (χ0v) is 20.3. The van der Waals surface area contributed by atoms with Gasteiger partial charge < -0.3 is 19.5 Å². The number of morpholine rings is 1. The summed E-state index contributed by atoms with van der Waals surface area (Å²) in [6.45, 7) is 5.67. The number of carbonyl (C=O) groups excluding carboxylic acids is 2. The Morgan fingerprint density at radius 2 is 1.92 bits per heavy atom. The number of aryl methyl sites for hydroxylation is 1. The van der Waals surface area contributed by atoms with Crippen molar-refractivity contribution < 1.29 is 29.1 Å². The summed E-state index contributed by atoms with van der Waals surface area (Å²) in [6, 6.07) is 9.84. The molecule has 4 rings (SSSR count). The number of ether oxygens (including phenoxy) is 2. The number of nitro benzene ring substituents is 1. The van der Waals surface area contributed by atoms with Crippen LogP contribution in [0.5, 0.6) is 5.75 Å². The minimum absolute atomic E-state index is 0.0866. The Morgan fingerprint density at radius 3 is 2.58 bits per heavy atom. The first-order valence-electron chi connectivity index (χ1n) is 11.8. The molecule has 2 saturated heterocycles. The van der Waals surface area contributed by atoms with Crippen LogP contribution in [0.2, 0.25) is 0 Å². The number of carbonyl (C=O) groups is 2. The lowest BCUT2D eigenvalue weighted by molar-refractivity contribution is -0.384. The Bertz CT molecular complexity index is 1200. The van der Waals surface area contributed by atoms with Crippen LogP contribution in [0, 0.1) is 17.0 Å². The van der Waals surface area contributed by atoms with Gasteiger partial charge in [-0.15, -0.1) is 0 Å². The second-order valence-electron chi connectivity index (χ2n) is 8.84. The van der Waals surface area contributed by atoms with E-state index in [1.54, 1.807) is 31.2 Å². The summed E-state index contributed by atoms with van der Waals surface area (Å²) in [6.07, 6.45) is 0.597. The topological polar surface area (TPSA) is 122 Å². The molecule has 2 aromatic carbocycles. The molecule has 10 nitrogen and oxygen atoms in total. The molecule has 190 valence electrons. The van der Waals surface area contributed by atoms with Gasteiger partial charge in [0.15, 0.2) is 0 Å². The van der Waals surface area contributed by atoms with Gasteiger partial charge >= 0.3 is 0 Å². The van der Waals surface area contributed by atoms with Crippen molar-refractivity contribution in [1.82, 2.24) is 9.80 Å². The average Bonchev–Trinajstić information content (AvgIpc) is 3.14. The van der Waals surface area contributed by atoms with E-state index in [0.29, 0.717) is 43.1 Å². The third-order valence-electron chi connectivity index (χ3n) is 6.58. The predicted molar refractivity (Wildman–Crippen MR) is 132 cm³/mol. The lowest BCUT2D eigenvalue weighted by Gasteiger charge is -2.29. The summed E-state index contributed by atoms with van der Waals surface area (Å²) in [5.41, 5.74) is 1.24. The Morgan fingerprint density at radius 1 is 1.17 bits per heavy atom. The van der Waals surface area contributed by atoms with Gasteiger partial charge in [-0.1, -0.05) is 12.1 Å². The molecule has 0 bridgehead atoms. The van der Waals surface area contributed by atoms with Gasteiger partial charge in [-0.25, -0.2) is 0 Å². The van der Waals surface area contributed by atoms with Crippen LogP contribution in [-0.4, -0.2) is 78.0 Å². The number of likely N-dealkylation sites (tertiary alicyclic amines) is 1. The lowest BCUT2D eigenvalue weighted by Crippen LogP contribution is -2.39. The van der Waals surface area contributed by atoms with Gasteiger partial charge in [-0.3, -0.25) is 24.6 Å². The van der Waals surface area contributed by atoms with Crippen LogP contribution in [-0.2, 0) is 14.3 Å². The number of Topliss-reactive ketones (excluding diaryl/α,β-unsaturated/α-hetero) is 1. The standard InChI is InChI=1S/C26H29N3O7/c1-17-15-19(7-8-21(17)35-2)24(30)22-23(18-5-3-6-20(16-18)29(33)34)28(26(32)25(22)31)10-4-9-27-11-13-36-14-12-27/h3,5-8,15-16,23,30H,4,9-14H2,1-2H3. The highest BCUT2D eigenvalue weighted by Gasteiger charge is 2.46. The summed E-state index contributed by atoms with van der Waals surface area (Å²) < 4.78 is 10.7. The third-order valence-corrected chi connectivity index (χ3v) is 6.58. The maximum Gasteiger partial charge on any atom is 0.295 e. The fourth-order valence-corrected chi connectivity index (χ4v) is 4.74. The van der Waals surface area contributed by atoms with E-state index in [-0.39, 0.29) is 23.6 Å². The van der Waals surface area contributed by atoms with Crippen molar-refractivity contribution in [2.75, 3.05) is 46.5 Å². The molecule has 2 aliphatic heterocycles. The predicted octanol–water partition coefficient (Wildman–Crippen LogP) is 3.06. The Hall–Kier alpha value is -3.76. The number of aliphatic hydroxyl groups is 1. The van der Waals surface area contributed by atoms with E-state index >= 15 is 0 Å². The van der Waals surface area contributed by atoms with Gasteiger partial charge in [0.2, 0.25) is 0 Å². The maximum absolute atomic E-state index is 13.2. The zero-order valence-electron chi connectivity index (χ0n) is 20.3. The van der Waals surface area contributed by atoms with Crippen molar-refractivity contribution in [3.63, 3.8) is 0 Å². The molecule has 0 aliphatic carbocycles. The number of nitrogens with zero attached hydrogens (tertiary/aromatic N) is 3. The fraction of sp³-hybridized carbons (Fsp3) is 0.385. The van der Waals surface area contributed by atoms with Gasteiger partial charge in [-0.2, -0.15) is 0 Å². The molecule has 36 heavy (non-hydrogen) atoms. The Labute approximate surface area is 208 Å². The van der Waals surface area contributed by atoms with Crippen LogP contribution in [0.15, 0.2) is 48.0 Å². The van der Waals surface area contributed by atoms with Gasteiger partial charge in [-0.05, 0) is 42.7 Å². The van der Waals surface area contributed by atoms with E-state index in [1.165, 1.54) is 30.2 Å². The number of benzene rings is 2. The Kier molecular flexibility index (Phi) is 7.66. The van der Waals surface area contributed by atoms with Crippen molar-refractivity contribution in [2.24, 2.45) is 0 Å². The van der Waals surface area contributed by atoms with E-state index < -0.39 is 22.7 Å². The van der Waals surface area contributed by atoms with Crippen LogP contribution < -0.4 is 4.74 Å². The largest absolute Gasteiger partial charge is 0.507 e. The quantitative estimate of drug-likeness (QED) is 0.195. The van der Waals surface area contributed by atoms with Gasteiger partial charge in [0, 0.05) is 43.9 Å². The van der Waals surface area contributed by atoms with E-state index in [9.17, 15) is 24.8 Å². The van der Waals surface area contributed by atoms with Gasteiger partial charge in [0.05, 0.1) is 36.9 Å². The van der Waals surface area contributed by atoms with Crippen molar-refractivity contribution in [3.05, 3.63) is 74.8 Å². The lowest BCUT2D eigenvalue weighted by atomic mass is 9.94. The molecule has 0 saturated carbocycles. The summed E-state index contributed by atoms with van der Waals surface area (Å²) >= 11 is 0. The molecule has 0 aromatic heterocycles. The second kappa shape index (κ2) is 10.9. The van der Waals surface area contributed by atoms with Crippen LogP contribution in [0.1, 0.15) is 29.2 Å². The molecule has 1 amide bonds. The second-order valence-corrected chi connectivity index (χ2v) is 8.84. The van der Waals surface area contributed by atoms with E-state index in [2.05, 4.69) is 4.90 Å². The molecule has 2 fully saturated rings. The summed E-state index contributed by atoms with van der Waals surface area (Å²) in [5, 5.41) is 22.7. The SMILES string of the molecule is COc1ccc(C(O)=C2C(=O)C(=O)N(CCCN3CCOCC3)C2c2cccc([N+](=O)[O-])c2)cc1C. The molecule has 1 unspecified atom stereocenters. The molecule has 2 heterocycles. The number of amides is 1. The highest BCUT2D eigenvalue weighted by Crippen LogP contribution is 2.40. The molecular weight excluding hydrogens is 466 g/mol.